The van der Waals surface area contributed by atoms with Crippen molar-refractivity contribution in [3.63, 3.8) is 0 Å². The van der Waals surface area contributed by atoms with Crippen molar-refractivity contribution in [3.8, 4) is 0 Å². The van der Waals surface area contributed by atoms with Gasteiger partial charge in [0, 0.05) is 11.4 Å². The van der Waals surface area contributed by atoms with Gasteiger partial charge in [0.25, 0.3) is 0 Å². The Bertz CT molecular complexity index is 429. The van der Waals surface area contributed by atoms with E-state index in [1.165, 1.54) is 11.1 Å². The summed E-state index contributed by atoms with van der Waals surface area (Å²) in [7, 11) is 0. The zero-order chi connectivity index (χ0) is 9.42. The zero-order valence-electron chi connectivity index (χ0n) is 7.83. The van der Waals surface area contributed by atoms with Gasteiger partial charge in [0.2, 0.25) is 0 Å². The third-order valence-electron chi connectivity index (χ3n) is 2.34. The summed E-state index contributed by atoms with van der Waals surface area (Å²) >= 11 is 0. The van der Waals surface area contributed by atoms with Crippen molar-refractivity contribution in [2.45, 2.75) is 19.9 Å². The highest BCUT2D eigenvalue weighted by atomic mass is 15.1. The smallest absolute Gasteiger partial charge is 0.0653 e. The van der Waals surface area contributed by atoms with Gasteiger partial charge in [-0.3, -0.25) is 5.10 Å². The highest BCUT2D eigenvalue weighted by Crippen LogP contribution is 2.24. The number of fused-ring (bicyclic) bond motifs is 1. The molecule has 0 amide bonds. The predicted molar refractivity (Wildman–Crippen MR) is 53.4 cm³/mol. The van der Waals surface area contributed by atoms with Gasteiger partial charge in [0.05, 0.1) is 11.7 Å². The van der Waals surface area contributed by atoms with E-state index in [9.17, 15) is 0 Å². The van der Waals surface area contributed by atoms with Gasteiger partial charge in [-0.1, -0.05) is 6.07 Å². The maximum Gasteiger partial charge on any atom is 0.0653 e. The third-order valence-corrected chi connectivity index (χ3v) is 2.34. The quantitative estimate of drug-likeness (QED) is 0.695. The van der Waals surface area contributed by atoms with Crippen LogP contribution in [0.4, 0.5) is 0 Å². The van der Waals surface area contributed by atoms with Crippen LogP contribution in [-0.2, 0) is 0 Å². The molecule has 3 heteroatoms. The Kier molecular flexibility index (Phi) is 1.81. The first-order valence-electron chi connectivity index (χ1n) is 4.38. The minimum atomic E-state index is 0.0568. The lowest BCUT2D eigenvalue weighted by Gasteiger charge is -2.10. The summed E-state index contributed by atoms with van der Waals surface area (Å²) in [6, 6.07) is 4.16. The number of rotatable bonds is 1. The highest BCUT2D eigenvalue weighted by molar-refractivity contribution is 5.83. The van der Waals surface area contributed by atoms with Gasteiger partial charge >= 0.3 is 0 Å². The minimum Gasteiger partial charge on any atom is -0.324 e. The SMILES string of the molecule is Cc1ccc2[nH]ncc2c1C(C)N. The second-order valence-electron chi connectivity index (χ2n) is 3.42. The van der Waals surface area contributed by atoms with Crippen molar-refractivity contribution in [2.75, 3.05) is 0 Å². The molecule has 0 fully saturated rings. The topological polar surface area (TPSA) is 54.7 Å². The third kappa shape index (κ3) is 1.21. The summed E-state index contributed by atoms with van der Waals surface area (Å²) in [4.78, 5) is 0. The number of hydrogen-bond donors (Lipinski definition) is 2. The van der Waals surface area contributed by atoms with E-state index >= 15 is 0 Å². The normalized spacial score (nSPS) is 13.5. The molecule has 2 rings (SSSR count). The van der Waals surface area contributed by atoms with Crippen LogP contribution in [0.15, 0.2) is 18.3 Å². The number of nitrogens with one attached hydrogen (secondary N) is 1. The van der Waals surface area contributed by atoms with E-state index < -0.39 is 0 Å². The van der Waals surface area contributed by atoms with Gasteiger partial charge in [-0.2, -0.15) is 5.10 Å². The van der Waals surface area contributed by atoms with E-state index in [-0.39, 0.29) is 6.04 Å². The molecule has 0 saturated carbocycles. The number of aromatic amines is 1. The monoisotopic (exact) mass is 175 g/mol. The number of aryl methyl sites for hydroxylation is 1. The standard InChI is InChI=1S/C10H13N3/c1-6-3-4-9-8(5-12-13-9)10(6)7(2)11/h3-5,7H,11H2,1-2H3,(H,12,13). The number of nitrogens with zero attached hydrogens (tertiary/aromatic N) is 1. The summed E-state index contributed by atoms with van der Waals surface area (Å²) in [5.41, 5.74) is 9.36. The maximum atomic E-state index is 5.90. The van der Waals surface area contributed by atoms with Crippen molar-refractivity contribution >= 4 is 10.9 Å². The number of benzene rings is 1. The number of nitrogens with two attached hydrogens (primary N) is 1. The Morgan fingerprint density at radius 3 is 2.92 bits per heavy atom. The lowest BCUT2D eigenvalue weighted by Crippen LogP contribution is -2.07. The average molecular weight is 175 g/mol. The summed E-state index contributed by atoms with van der Waals surface area (Å²) in [6.45, 7) is 4.07. The van der Waals surface area contributed by atoms with Crippen LogP contribution in [0, 0.1) is 6.92 Å². The maximum absolute atomic E-state index is 5.90. The van der Waals surface area contributed by atoms with Gasteiger partial charge in [-0.05, 0) is 31.0 Å². The van der Waals surface area contributed by atoms with E-state index in [1.54, 1.807) is 0 Å². The van der Waals surface area contributed by atoms with E-state index in [0.717, 1.165) is 10.9 Å². The van der Waals surface area contributed by atoms with Gasteiger partial charge in [0.1, 0.15) is 0 Å². The van der Waals surface area contributed by atoms with Crippen LogP contribution in [0.3, 0.4) is 0 Å². The fraction of sp³-hybridized carbons (Fsp3) is 0.300. The molecule has 68 valence electrons. The first-order chi connectivity index (χ1) is 6.20. The van der Waals surface area contributed by atoms with Crippen LogP contribution < -0.4 is 5.73 Å². The molecule has 1 aromatic heterocycles. The molecule has 3 N–H and O–H groups in total. The van der Waals surface area contributed by atoms with E-state index in [2.05, 4.69) is 23.2 Å². The minimum absolute atomic E-state index is 0.0568. The average Bonchev–Trinajstić information content (AvgIpc) is 2.50. The van der Waals surface area contributed by atoms with Crippen LogP contribution in [-0.4, -0.2) is 10.2 Å². The molecular formula is C10H13N3. The molecule has 0 radical (unpaired) electrons. The Hall–Kier alpha value is -1.35. The molecule has 1 unspecified atom stereocenters. The second-order valence-corrected chi connectivity index (χ2v) is 3.42. The first-order valence-corrected chi connectivity index (χ1v) is 4.38. The molecule has 13 heavy (non-hydrogen) atoms. The van der Waals surface area contributed by atoms with E-state index in [0.29, 0.717) is 0 Å². The van der Waals surface area contributed by atoms with Gasteiger partial charge in [-0.15, -0.1) is 0 Å². The molecule has 2 aromatic rings. The van der Waals surface area contributed by atoms with Crippen molar-refractivity contribution in [2.24, 2.45) is 5.73 Å². The molecule has 3 nitrogen and oxygen atoms in total. The predicted octanol–water partition coefficient (Wildman–Crippen LogP) is 1.89. The van der Waals surface area contributed by atoms with Crippen LogP contribution in [0.1, 0.15) is 24.1 Å². The molecular weight excluding hydrogens is 162 g/mol. The molecule has 1 atom stereocenters. The Morgan fingerprint density at radius 2 is 2.23 bits per heavy atom. The Balaban J connectivity index is 2.80. The molecule has 0 aliphatic heterocycles. The van der Waals surface area contributed by atoms with Crippen molar-refractivity contribution in [1.82, 2.24) is 10.2 Å². The van der Waals surface area contributed by atoms with Gasteiger partial charge in [-0.25, -0.2) is 0 Å². The van der Waals surface area contributed by atoms with Crippen LogP contribution in [0.2, 0.25) is 0 Å². The number of aromatic nitrogens is 2. The van der Waals surface area contributed by atoms with E-state index in [1.807, 2.05) is 19.2 Å². The van der Waals surface area contributed by atoms with Crippen molar-refractivity contribution < 1.29 is 0 Å². The second kappa shape index (κ2) is 2.85. The number of hydrogen-bond acceptors (Lipinski definition) is 2. The summed E-state index contributed by atoms with van der Waals surface area (Å²) in [6.07, 6.45) is 1.83. The molecule has 0 aliphatic carbocycles. The fourth-order valence-electron chi connectivity index (χ4n) is 1.75. The molecule has 1 aromatic carbocycles. The Morgan fingerprint density at radius 1 is 1.46 bits per heavy atom. The lowest BCUT2D eigenvalue weighted by molar-refractivity contribution is 0.819. The molecule has 0 spiro atoms. The van der Waals surface area contributed by atoms with Crippen LogP contribution >= 0.6 is 0 Å². The van der Waals surface area contributed by atoms with Crippen LogP contribution in [0.5, 0.6) is 0 Å². The molecule has 0 bridgehead atoms. The van der Waals surface area contributed by atoms with Crippen molar-refractivity contribution in [3.05, 3.63) is 29.5 Å². The summed E-state index contributed by atoms with van der Waals surface area (Å²) in [5.74, 6) is 0. The largest absolute Gasteiger partial charge is 0.324 e. The van der Waals surface area contributed by atoms with E-state index in [4.69, 9.17) is 5.73 Å². The zero-order valence-corrected chi connectivity index (χ0v) is 7.83. The number of H-pyrrole nitrogens is 1. The van der Waals surface area contributed by atoms with Gasteiger partial charge in [0.15, 0.2) is 0 Å². The van der Waals surface area contributed by atoms with Crippen LogP contribution in [0.25, 0.3) is 10.9 Å². The molecule has 1 heterocycles. The summed E-state index contributed by atoms with van der Waals surface area (Å²) in [5, 5.41) is 8.08. The summed E-state index contributed by atoms with van der Waals surface area (Å²) < 4.78 is 0. The lowest BCUT2D eigenvalue weighted by atomic mass is 9.99. The molecule has 0 saturated heterocycles. The van der Waals surface area contributed by atoms with Crippen molar-refractivity contribution in [1.29, 1.82) is 0 Å². The molecule has 0 aliphatic rings. The van der Waals surface area contributed by atoms with Gasteiger partial charge < -0.3 is 5.73 Å². The fourth-order valence-corrected chi connectivity index (χ4v) is 1.75. The highest BCUT2D eigenvalue weighted by Gasteiger charge is 2.09. The first kappa shape index (κ1) is 8.26. The Labute approximate surface area is 76.9 Å².